The molecule has 0 amide bonds. The van der Waals surface area contributed by atoms with Gasteiger partial charge in [-0.1, -0.05) is 22.9 Å². The maximum Gasteiger partial charge on any atom is 0.119 e. The second-order valence-electron chi connectivity index (χ2n) is 4.21. The molecule has 0 aliphatic heterocycles. The first-order chi connectivity index (χ1) is 6.74. The highest BCUT2D eigenvalue weighted by Gasteiger charge is 2.25. The molecule has 0 saturated heterocycles. The lowest BCUT2D eigenvalue weighted by atomic mass is 9.77. The van der Waals surface area contributed by atoms with Crippen molar-refractivity contribution in [2.45, 2.75) is 19.8 Å². The van der Waals surface area contributed by atoms with Crippen LogP contribution >= 0.6 is 15.9 Å². The molecule has 0 spiro atoms. The van der Waals surface area contributed by atoms with Gasteiger partial charge in [0.15, 0.2) is 0 Å². The van der Waals surface area contributed by atoms with Gasteiger partial charge >= 0.3 is 0 Å². The summed E-state index contributed by atoms with van der Waals surface area (Å²) in [6, 6.07) is 8.04. The molecule has 0 aromatic heterocycles. The van der Waals surface area contributed by atoms with Crippen LogP contribution in [0.15, 0.2) is 28.7 Å². The van der Waals surface area contributed by atoms with Crippen LogP contribution in [0.5, 0.6) is 5.75 Å². The number of rotatable bonds is 3. The van der Waals surface area contributed by atoms with Crippen LogP contribution in [-0.2, 0) is 0 Å². The van der Waals surface area contributed by atoms with E-state index in [0.29, 0.717) is 0 Å². The van der Waals surface area contributed by atoms with Gasteiger partial charge in [0, 0.05) is 4.47 Å². The van der Waals surface area contributed by atoms with Gasteiger partial charge in [-0.3, -0.25) is 0 Å². The summed E-state index contributed by atoms with van der Waals surface area (Å²) in [5, 5.41) is 0. The Balaban J connectivity index is 1.78. The molecule has 0 bridgehead atoms. The standard InChI is InChI=1S/C12H15BrO/c1-9-6-10(7-9)8-14-12-4-2-11(13)3-5-12/h2-5,9-10H,6-8H2,1H3. The Morgan fingerprint density at radius 3 is 2.50 bits per heavy atom. The van der Waals surface area contributed by atoms with E-state index in [2.05, 4.69) is 22.9 Å². The van der Waals surface area contributed by atoms with Crippen LogP contribution in [0, 0.1) is 11.8 Å². The van der Waals surface area contributed by atoms with E-state index in [9.17, 15) is 0 Å². The molecular formula is C12H15BrO. The number of benzene rings is 1. The van der Waals surface area contributed by atoms with Gasteiger partial charge in [0.25, 0.3) is 0 Å². The van der Waals surface area contributed by atoms with Crippen LogP contribution in [0.1, 0.15) is 19.8 Å². The smallest absolute Gasteiger partial charge is 0.119 e. The molecule has 76 valence electrons. The molecule has 14 heavy (non-hydrogen) atoms. The Morgan fingerprint density at radius 1 is 1.29 bits per heavy atom. The fraction of sp³-hybridized carbons (Fsp3) is 0.500. The molecule has 1 aromatic carbocycles. The molecule has 1 aliphatic rings. The normalized spacial score (nSPS) is 25.6. The molecule has 2 heteroatoms. The molecule has 1 fully saturated rings. The molecule has 2 rings (SSSR count). The molecule has 1 aromatic rings. The summed E-state index contributed by atoms with van der Waals surface area (Å²) in [4.78, 5) is 0. The number of hydrogen-bond donors (Lipinski definition) is 0. The number of halogens is 1. The van der Waals surface area contributed by atoms with E-state index in [1.165, 1.54) is 12.8 Å². The molecule has 1 aliphatic carbocycles. The summed E-state index contributed by atoms with van der Waals surface area (Å²) in [5.41, 5.74) is 0. The average Bonchev–Trinajstić information content (AvgIpc) is 2.13. The Morgan fingerprint density at radius 2 is 1.93 bits per heavy atom. The van der Waals surface area contributed by atoms with Gasteiger partial charge in [-0.05, 0) is 48.9 Å². The summed E-state index contributed by atoms with van der Waals surface area (Å²) < 4.78 is 6.79. The van der Waals surface area contributed by atoms with Gasteiger partial charge in [0.05, 0.1) is 6.61 Å². The Hall–Kier alpha value is -0.500. The molecular weight excluding hydrogens is 240 g/mol. The molecule has 0 atom stereocenters. The van der Waals surface area contributed by atoms with E-state index in [1.54, 1.807) is 0 Å². The zero-order chi connectivity index (χ0) is 9.97. The van der Waals surface area contributed by atoms with Gasteiger partial charge in [-0.15, -0.1) is 0 Å². The van der Waals surface area contributed by atoms with E-state index in [0.717, 1.165) is 28.7 Å². The van der Waals surface area contributed by atoms with Crippen LogP contribution < -0.4 is 4.74 Å². The van der Waals surface area contributed by atoms with E-state index in [-0.39, 0.29) is 0 Å². The lowest BCUT2D eigenvalue weighted by molar-refractivity contribution is 0.131. The first-order valence-electron chi connectivity index (χ1n) is 5.12. The molecule has 0 heterocycles. The van der Waals surface area contributed by atoms with E-state index in [4.69, 9.17) is 4.74 Å². The van der Waals surface area contributed by atoms with Gasteiger partial charge in [0.2, 0.25) is 0 Å². The van der Waals surface area contributed by atoms with Crippen molar-refractivity contribution < 1.29 is 4.74 Å². The second-order valence-corrected chi connectivity index (χ2v) is 5.12. The summed E-state index contributed by atoms with van der Waals surface area (Å²) >= 11 is 3.40. The summed E-state index contributed by atoms with van der Waals surface area (Å²) in [6.07, 6.45) is 2.66. The first kappa shape index (κ1) is 10.0. The Labute approximate surface area is 93.6 Å². The highest BCUT2D eigenvalue weighted by Crippen LogP contribution is 2.33. The van der Waals surface area contributed by atoms with Gasteiger partial charge in [-0.25, -0.2) is 0 Å². The van der Waals surface area contributed by atoms with Crippen molar-refractivity contribution >= 4 is 15.9 Å². The molecule has 0 N–H and O–H groups in total. The lowest BCUT2D eigenvalue weighted by Crippen LogP contribution is -2.26. The summed E-state index contributed by atoms with van der Waals surface area (Å²) in [7, 11) is 0. The van der Waals surface area contributed by atoms with Crippen LogP contribution in [0.4, 0.5) is 0 Å². The van der Waals surface area contributed by atoms with E-state index < -0.39 is 0 Å². The highest BCUT2D eigenvalue weighted by molar-refractivity contribution is 9.10. The minimum absolute atomic E-state index is 0.786. The number of hydrogen-bond acceptors (Lipinski definition) is 1. The van der Waals surface area contributed by atoms with Crippen molar-refractivity contribution in [1.82, 2.24) is 0 Å². The van der Waals surface area contributed by atoms with Gasteiger partial charge in [-0.2, -0.15) is 0 Å². The third-order valence-corrected chi connectivity index (χ3v) is 3.30. The molecule has 1 nitrogen and oxygen atoms in total. The topological polar surface area (TPSA) is 9.23 Å². The molecule has 1 saturated carbocycles. The van der Waals surface area contributed by atoms with Gasteiger partial charge in [0.1, 0.15) is 5.75 Å². The second kappa shape index (κ2) is 4.35. The van der Waals surface area contributed by atoms with Crippen LogP contribution in [0.2, 0.25) is 0 Å². The SMILES string of the molecule is CC1CC(COc2ccc(Br)cc2)C1. The van der Waals surface area contributed by atoms with E-state index >= 15 is 0 Å². The minimum atomic E-state index is 0.786. The average molecular weight is 255 g/mol. The van der Waals surface area contributed by atoms with Crippen molar-refractivity contribution in [3.8, 4) is 5.75 Å². The number of ether oxygens (including phenoxy) is 1. The lowest BCUT2D eigenvalue weighted by Gasteiger charge is -2.32. The van der Waals surface area contributed by atoms with Crippen LogP contribution in [-0.4, -0.2) is 6.61 Å². The van der Waals surface area contributed by atoms with Crippen molar-refractivity contribution in [1.29, 1.82) is 0 Å². The highest BCUT2D eigenvalue weighted by atomic mass is 79.9. The fourth-order valence-corrected chi connectivity index (χ4v) is 2.21. The third-order valence-electron chi connectivity index (χ3n) is 2.77. The predicted molar refractivity (Wildman–Crippen MR) is 61.5 cm³/mol. The van der Waals surface area contributed by atoms with E-state index in [1.807, 2.05) is 24.3 Å². The third kappa shape index (κ3) is 2.50. The zero-order valence-corrected chi connectivity index (χ0v) is 9.96. The van der Waals surface area contributed by atoms with Crippen molar-refractivity contribution in [3.63, 3.8) is 0 Å². The minimum Gasteiger partial charge on any atom is -0.493 e. The van der Waals surface area contributed by atoms with Gasteiger partial charge < -0.3 is 4.74 Å². The summed E-state index contributed by atoms with van der Waals surface area (Å²) in [6.45, 7) is 3.18. The zero-order valence-electron chi connectivity index (χ0n) is 8.37. The van der Waals surface area contributed by atoms with Crippen LogP contribution in [0.3, 0.4) is 0 Å². The quantitative estimate of drug-likeness (QED) is 0.796. The molecule has 0 unspecified atom stereocenters. The van der Waals surface area contributed by atoms with Crippen molar-refractivity contribution in [2.75, 3.05) is 6.61 Å². The monoisotopic (exact) mass is 254 g/mol. The fourth-order valence-electron chi connectivity index (χ4n) is 1.95. The predicted octanol–water partition coefficient (Wildman–Crippen LogP) is 3.87. The Kier molecular flexibility index (Phi) is 3.12. The molecule has 0 radical (unpaired) electrons. The van der Waals surface area contributed by atoms with Crippen LogP contribution in [0.25, 0.3) is 0 Å². The first-order valence-corrected chi connectivity index (χ1v) is 5.91. The summed E-state index contributed by atoms with van der Waals surface area (Å²) in [5.74, 6) is 2.68. The largest absolute Gasteiger partial charge is 0.493 e. The maximum absolute atomic E-state index is 5.69. The van der Waals surface area contributed by atoms with Crippen molar-refractivity contribution in [2.24, 2.45) is 11.8 Å². The Bertz CT molecular complexity index is 288. The maximum atomic E-state index is 5.69. The van der Waals surface area contributed by atoms with Crippen molar-refractivity contribution in [3.05, 3.63) is 28.7 Å².